The van der Waals surface area contributed by atoms with Crippen LogP contribution in [-0.2, 0) is 17.8 Å². The number of nitrogens with one attached hydrogen (secondary N) is 1. The quantitative estimate of drug-likeness (QED) is 0.675. The van der Waals surface area contributed by atoms with Gasteiger partial charge in [0.2, 0.25) is 5.91 Å². The fourth-order valence-electron chi connectivity index (χ4n) is 4.22. The fourth-order valence-corrected chi connectivity index (χ4v) is 4.22. The van der Waals surface area contributed by atoms with E-state index >= 15 is 0 Å². The van der Waals surface area contributed by atoms with Crippen LogP contribution in [0.2, 0.25) is 0 Å². The molecule has 7 nitrogen and oxygen atoms in total. The molecule has 0 spiro atoms. The van der Waals surface area contributed by atoms with Gasteiger partial charge in [0.05, 0.1) is 14.2 Å². The Hall–Kier alpha value is -3.22. The number of ether oxygens (including phenoxy) is 2. The molecule has 3 amide bonds. The monoisotopic (exact) mass is 453 g/mol. The van der Waals surface area contributed by atoms with E-state index in [0.717, 1.165) is 34.4 Å². The van der Waals surface area contributed by atoms with Crippen molar-refractivity contribution in [1.82, 2.24) is 9.80 Å². The first-order valence-electron chi connectivity index (χ1n) is 11.4. The molecule has 1 aliphatic heterocycles. The lowest BCUT2D eigenvalue weighted by atomic mass is 9.98. The number of anilines is 1. The van der Waals surface area contributed by atoms with Gasteiger partial charge in [0.25, 0.3) is 0 Å². The predicted molar refractivity (Wildman–Crippen MR) is 130 cm³/mol. The van der Waals surface area contributed by atoms with E-state index in [9.17, 15) is 9.59 Å². The number of hydrogen-bond acceptors (Lipinski definition) is 4. The Bertz CT molecular complexity index is 999. The number of aryl methyl sites for hydroxylation is 2. The number of urea groups is 1. The highest BCUT2D eigenvalue weighted by Crippen LogP contribution is 2.33. The zero-order chi connectivity index (χ0) is 24.1. The van der Waals surface area contributed by atoms with E-state index in [1.54, 1.807) is 19.1 Å². The Kier molecular flexibility index (Phi) is 7.84. The number of nitrogens with zero attached hydrogens (tertiary/aromatic N) is 2. The molecule has 0 atom stereocenters. The van der Waals surface area contributed by atoms with Crippen LogP contribution in [0.5, 0.6) is 11.5 Å². The summed E-state index contributed by atoms with van der Waals surface area (Å²) in [6, 6.07) is 9.57. The van der Waals surface area contributed by atoms with Gasteiger partial charge in [-0.1, -0.05) is 32.0 Å². The number of benzene rings is 2. The van der Waals surface area contributed by atoms with Gasteiger partial charge in [-0.25, -0.2) is 4.79 Å². The lowest BCUT2D eigenvalue weighted by Crippen LogP contribution is -2.47. The Morgan fingerprint density at radius 1 is 1.06 bits per heavy atom. The smallest absolute Gasteiger partial charge is 0.322 e. The number of hydrogen-bond donors (Lipinski definition) is 1. The third-order valence-corrected chi connectivity index (χ3v) is 5.98. The average molecular weight is 454 g/mol. The number of methoxy groups -OCH3 is 2. The van der Waals surface area contributed by atoms with Crippen molar-refractivity contribution in [3.63, 3.8) is 0 Å². The Morgan fingerprint density at radius 2 is 1.67 bits per heavy atom. The molecule has 0 aliphatic carbocycles. The van der Waals surface area contributed by atoms with Crippen LogP contribution in [0.15, 0.2) is 30.3 Å². The van der Waals surface area contributed by atoms with Crippen LogP contribution in [0, 0.1) is 19.8 Å². The van der Waals surface area contributed by atoms with E-state index in [4.69, 9.17) is 9.47 Å². The summed E-state index contributed by atoms with van der Waals surface area (Å²) in [7, 11) is 3.23. The van der Waals surface area contributed by atoms with Crippen molar-refractivity contribution in [2.75, 3.05) is 39.2 Å². The van der Waals surface area contributed by atoms with Gasteiger partial charge in [0.15, 0.2) is 11.5 Å². The van der Waals surface area contributed by atoms with Crippen LogP contribution in [0.25, 0.3) is 0 Å². The summed E-state index contributed by atoms with van der Waals surface area (Å²) < 4.78 is 10.8. The first-order chi connectivity index (χ1) is 15.7. The maximum Gasteiger partial charge on any atom is 0.322 e. The molecule has 178 valence electrons. The third-order valence-electron chi connectivity index (χ3n) is 5.98. The van der Waals surface area contributed by atoms with Crippen molar-refractivity contribution < 1.29 is 19.1 Å². The second kappa shape index (κ2) is 10.6. The SMILES string of the molecule is COc1cc2c(cc1OC)CN(C(=O)CN(CC(C)C)C(=O)Nc1c(C)cccc1C)CC2. The van der Waals surface area contributed by atoms with Gasteiger partial charge < -0.3 is 24.6 Å². The van der Waals surface area contributed by atoms with Crippen molar-refractivity contribution in [1.29, 1.82) is 0 Å². The molecule has 0 saturated carbocycles. The van der Waals surface area contributed by atoms with Gasteiger partial charge in [-0.15, -0.1) is 0 Å². The minimum atomic E-state index is -0.252. The average Bonchev–Trinajstić information content (AvgIpc) is 2.79. The highest BCUT2D eigenvalue weighted by atomic mass is 16.5. The molecule has 0 radical (unpaired) electrons. The van der Waals surface area contributed by atoms with Gasteiger partial charge in [-0.2, -0.15) is 0 Å². The number of amides is 3. The van der Waals surface area contributed by atoms with Crippen molar-refractivity contribution in [3.05, 3.63) is 52.6 Å². The van der Waals surface area contributed by atoms with Gasteiger partial charge in [-0.05, 0) is 60.6 Å². The normalized spacial score (nSPS) is 12.9. The standard InChI is InChI=1S/C26H35N3O4/c1-17(2)14-29(26(31)27-25-18(3)8-7-9-19(25)4)16-24(30)28-11-10-20-12-22(32-5)23(33-6)13-21(20)15-28/h7-9,12-13,17H,10-11,14-16H2,1-6H3,(H,27,31). The maximum absolute atomic E-state index is 13.2. The molecule has 0 aromatic heterocycles. The van der Waals surface area contributed by atoms with E-state index in [1.807, 2.05) is 62.9 Å². The third kappa shape index (κ3) is 5.78. The molecule has 0 unspecified atom stereocenters. The van der Waals surface area contributed by atoms with Crippen molar-refractivity contribution in [3.8, 4) is 11.5 Å². The number of rotatable bonds is 7. The summed E-state index contributed by atoms with van der Waals surface area (Å²) in [5.74, 6) is 1.52. The van der Waals surface area contributed by atoms with Gasteiger partial charge in [-0.3, -0.25) is 4.79 Å². The molecular formula is C26H35N3O4. The molecule has 0 saturated heterocycles. The Balaban J connectivity index is 1.73. The zero-order valence-electron chi connectivity index (χ0n) is 20.5. The fraction of sp³-hybridized carbons (Fsp3) is 0.462. The second-order valence-electron chi connectivity index (χ2n) is 9.01. The van der Waals surface area contributed by atoms with Gasteiger partial charge in [0.1, 0.15) is 6.54 Å². The lowest BCUT2D eigenvalue weighted by molar-refractivity contribution is -0.132. The summed E-state index contributed by atoms with van der Waals surface area (Å²) in [5.41, 5.74) is 5.00. The maximum atomic E-state index is 13.2. The number of fused-ring (bicyclic) bond motifs is 1. The summed E-state index contributed by atoms with van der Waals surface area (Å²) >= 11 is 0. The largest absolute Gasteiger partial charge is 0.493 e. The van der Waals surface area contributed by atoms with E-state index in [2.05, 4.69) is 5.32 Å². The number of carbonyl (C=O) groups excluding carboxylic acids is 2. The highest BCUT2D eigenvalue weighted by molar-refractivity contribution is 5.93. The molecule has 1 heterocycles. The van der Waals surface area contributed by atoms with Crippen LogP contribution in [-0.4, -0.2) is 55.6 Å². The predicted octanol–water partition coefficient (Wildman–Crippen LogP) is 4.40. The van der Waals surface area contributed by atoms with Crippen LogP contribution in [0.4, 0.5) is 10.5 Å². The lowest BCUT2D eigenvalue weighted by Gasteiger charge is -2.32. The molecule has 7 heteroatoms. The number of carbonyl (C=O) groups is 2. The first-order valence-corrected chi connectivity index (χ1v) is 11.4. The molecule has 1 N–H and O–H groups in total. The van der Waals surface area contributed by atoms with Crippen LogP contribution in [0.1, 0.15) is 36.1 Å². The number of para-hydroxylation sites is 1. The summed E-state index contributed by atoms with van der Waals surface area (Å²) in [4.78, 5) is 29.8. The Labute approximate surface area is 196 Å². The molecular weight excluding hydrogens is 418 g/mol. The molecule has 2 aromatic carbocycles. The van der Waals surface area contributed by atoms with E-state index < -0.39 is 0 Å². The molecule has 33 heavy (non-hydrogen) atoms. The van der Waals surface area contributed by atoms with Crippen LogP contribution >= 0.6 is 0 Å². The summed E-state index contributed by atoms with van der Waals surface area (Å²) in [6.07, 6.45) is 0.736. The highest BCUT2D eigenvalue weighted by Gasteiger charge is 2.26. The minimum absolute atomic E-state index is 0.0393. The molecule has 2 aromatic rings. The van der Waals surface area contributed by atoms with E-state index in [0.29, 0.717) is 31.1 Å². The van der Waals surface area contributed by atoms with Crippen LogP contribution < -0.4 is 14.8 Å². The van der Waals surface area contributed by atoms with Gasteiger partial charge >= 0.3 is 6.03 Å². The molecule has 3 rings (SSSR count). The second-order valence-corrected chi connectivity index (χ2v) is 9.01. The molecule has 0 fully saturated rings. The van der Waals surface area contributed by atoms with E-state index in [1.165, 1.54) is 0 Å². The van der Waals surface area contributed by atoms with Crippen LogP contribution in [0.3, 0.4) is 0 Å². The van der Waals surface area contributed by atoms with E-state index in [-0.39, 0.29) is 24.4 Å². The minimum Gasteiger partial charge on any atom is -0.493 e. The first kappa shape index (κ1) is 24.4. The molecule has 0 bridgehead atoms. The Morgan fingerprint density at radius 3 is 2.24 bits per heavy atom. The topological polar surface area (TPSA) is 71.1 Å². The van der Waals surface area contributed by atoms with Crippen molar-refractivity contribution in [2.45, 2.75) is 40.7 Å². The van der Waals surface area contributed by atoms with Crippen molar-refractivity contribution in [2.24, 2.45) is 5.92 Å². The zero-order valence-corrected chi connectivity index (χ0v) is 20.5. The summed E-state index contributed by atoms with van der Waals surface area (Å²) in [5, 5.41) is 3.02. The summed E-state index contributed by atoms with van der Waals surface area (Å²) in [6.45, 7) is 9.65. The van der Waals surface area contributed by atoms with Crippen molar-refractivity contribution >= 4 is 17.6 Å². The molecule has 1 aliphatic rings. The van der Waals surface area contributed by atoms with Gasteiger partial charge in [0, 0.05) is 25.3 Å².